The molecule has 0 saturated heterocycles. The van der Waals surface area contributed by atoms with E-state index in [0.29, 0.717) is 5.56 Å². The van der Waals surface area contributed by atoms with Crippen LogP contribution in [0.5, 0.6) is 0 Å². The van der Waals surface area contributed by atoms with Crippen molar-refractivity contribution in [3.05, 3.63) is 29.8 Å². The Morgan fingerprint density at radius 2 is 1.79 bits per heavy atom. The molecule has 1 aromatic carbocycles. The molecular formula is C11H13NO2. The van der Waals surface area contributed by atoms with Crippen LogP contribution in [-0.2, 0) is 4.79 Å². The Kier molecular flexibility index (Phi) is 3.40. The molecule has 0 fully saturated rings. The zero-order chi connectivity index (χ0) is 10.6. The Bertz CT molecular complexity index is 341. The van der Waals surface area contributed by atoms with Crippen molar-refractivity contribution in [1.82, 2.24) is 0 Å². The minimum atomic E-state index is -0.125. The zero-order valence-corrected chi connectivity index (χ0v) is 8.33. The van der Waals surface area contributed by atoms with E-state index in [2.05, 4.69) is 5.32 Å². The number of ketones is 2. The summed E-state index contributed by atoms with van der Waals surface area (Å²) in [6, 6.07) is 7.06. The molecule has 0 aromatic heterocycles. The first kappa shape index (κ1) is 10.4. The lowest BCUT2D eigenvalue weighted by Crippen LogP contribution is -2.04. The maximum Gasteiger partial charge on any atom is 0.170 e. The molecule has 1 aromatic rings. The molecule has 0 spiro atoms. The monoisotopic (exact) mass is 191 g/mol. The number of nitrogens with one attached hydrogen (secondary N) is 1. The van der Waals surface area contributed by atoms with Gasteiger partial charge in [0.1, 0.15) is 5.78 Å². The summed E-state index contributed by atoms with van der Waals surface area (Å²) in [6.07, 6.45) is -0.0150. The van der Waals surface area contributed by atoms with E-state index in [-0.39, 0.29) is 18.0 Å². The van der Waals surface area contributed by atoms with Gasteiger partial charge in [-0.1, -0.05) is 0 Å². The van der Waals surface area contributed by atoms with Crippen molar-refractivity contribution in [2.45, 2.75) is 13.3 Å². The van der Waals surface area contributed by atoms with Crippen LogP contribution in [0.2, 0.25) is 0 Å². The average molecular weight is 191 g/mol. The molecule has 0 saturated carbocycles. The molecule has 0 aliphatic carbocycles. The molecular weight excluding hydrogens is 178 g/mol. The van der Waals surface area contributed by atoms with Crippen molar-refractivity contribution in [3.8, 4) is 0 Å². The molecule has 0 amide bonds. The Labute approximate surface area is 83.1 Å². The third-order valence-electron chi connectivity index (χ3n) is 1.91. The second-order valence-electron chi connectivity index (χ2n) is 3.13. The molecule has 1 rings (SSSR count). The lowest BCUT2D eigenvalue weighted by Gasteiger charge is -2.01. The van der Waals surface area contributed by atoms with Gasteiger partial charge in [-0.15, -0.1) is 0 Å². The molecule has 1 N–H and O–H groups in total. The molecule has 0 heterocycles. The summed E-state index contributed by atoms with van der Waals surface area (Å²) >= 11 is 0. The van der Waals surface area contributed by atoms with Crippen LogP contribution < -0.4 is 5.32 Å². The molecule has 0 bridgehead atoms. The zero-order valence-electron chi connectivity index (χ0n) is 8.33. The molecule has 14 heavy (non-hydrogen) atoms. The van der Waals surface area contributed by atoms with Gasteiger partial charge >= 0.3 is 0 Å². The van der Waals surface area contributed by atoms with Crippen LogP contribution in [0.3, 0.4) is 0 Å². The first-order chi connectivity index (χ1) is 6.63. The van der Waals surface area contributed by atoms with Gasteiger partial charge in [0.25, 0.3) is 0 Å². The highest BCUT2D eigenvalue weighted by atomic mass is 16.1. The van der Waals surface area contributed by atoms with Crippen LogP contribution >= 0.6 is 0 Å². The first-order valence-corrected chi connectivity index (χ1v) is 4.44. The highest BCUT2D eigenvalue weighted by Gasteiger charge is 2.07. The maximum atomic E-state index is 11.4. The Morgan fingerprint density at radius 1 is 1.21 bits per heavy atom. The van der Waals surface area contributed by atoms with E-state index >= 15 is 0 Å². The lowest BCUT2D eigenvalue weighted by atomic mass is 10.1. The Hall–Kier alpha value is -1.64. The molecule has 0 aliphatic rings. The highest BCUT2D eigenvalue weighted by molar-refractivity contribution is 6.07. The minimum Gasteiger partial charge on any atom is -0.388 e. The van der Waals surface area contributed by atoms with Crippen molar-refractivity contribution >= 4 is 17.3 Å². The fraction of sp³-hybridized carbons (Fsp3) is 0.273. The van der Waals surface area contributed by atoms with Gasteiger partial charge in [-0.25, -0.2) is 0 Å². The number of anilines is 1. The molecule has 0 radical (unpaired) electrons. The number of carbonyl (C=O) groups excluding carboxylic acids is 2. The van der Waals surface area contributed by atoms with Crippen LogP contribution in [0.15, 0.2) is 24.3 Å². The molecule has 0 unspecified atom stereocenters. The van der Waals surface area contributed by atoms with E-state index in [1.54, 1.807) is 12.1 Å². The van der Waals surface area contributed by atoms with E-state index in [1.807, 2.05) is 19.2 Å². The van der Waals surface area contributed by atoms with Gasteiger partial charge in [0, 0.05) is 18.3 Å². The van der Waals surface area contributed by atoms with Crippen molar-refractivity contribution in [2.75, 3.05) is 12.4 Å². The minimum absolute atomic E-state index is 0.0150. The molecule has 3 nitrogen and oxygen atoms in total. The number of hydrogen-bond donors (Lipinski definition) is 1. The third-order valence-corrected chi connectivity index (χ3v) is 1.91. The normalized spacial score (nSPS) is 9.57. The summed E-state index contributed by atoms with van der Waals surface area (Å²) in [6.45, 7) is 1.42. The summed E-state index contributed by atoms with van der Waals surface area (Å²) in [4.78, 5) is 22.1. The van der Waals surface area contributed by atoms with Gasteiger partial charge in [0.2, 0.25) is 0 Å². The topological polar surface area (TPSA) is 46.2 Å². The number of rotatable bonds is 4. The fourth-order valence-electron chi connectivity index (χ4n) is 1.15. The van der Waals surface area contributed by atoms with Crippen LogP contribution in [0.4, 0.5) is 5.69 Å². The Morgan fingerprint density at radius 3 is 2.21 bits per heavy atom. The van der Waals surface area contributed by atoms with Crippen LogP contribution in [-0.4, -0.2) is 18.6 Å². The van der Waals surface area contributed by atoms with E-state index in [9.17, 15) is 9.59 Å². The summed E-state index contributed by atoms with van der Waals surface area (Å²) in [5, 5.41) is 2.96. The van der Waals surface area contributed by atoms with E-state index in [1.165, 1.54) is 6.92 Å². The Balaban J connectivity index is 2.76. The van der Waals surface area contributed by atoms with Crippen LogP contribution in [0.1, 0.15) is 23.7 Å². The fourth-order valence-corrected chi connectivity index (χ4v) is 1.15. The van der Waals surface area contributed by atoms with Crippen molar-refractivity contribution in [1.29, 1.82) is 0 Å². The van der Waals surface area contributed by atoms with Crippen LogP contribution in [0.25, 0.3) is 0 Å². The van der Waals surface area contributed by atoms with Gasteiger partial charge in [0.15, 0.2) is 5.78 Å². The summed E-state index contributed by atoms with van der Waals surface area (Å²) in [5.74, 6) is -0.229. The van der Waals surface area contributed by atoms with Crippen molar-refractivity contribution in [3.63, 3.8) is 0 Å². The highest BCUT2D eigenvalue weighted by Crippen LogP contribution is 2.10. The summed E-state index contributed by atoms with van der Waals surface area (Å²) in [5.41, 5.74) is 1.53. The quantitative estimate of drug-likeness (QED) is 0.584. The molecule has 0 atom stereocenters. The first-order valence-electron chi connectivity index (χ1n) is 4.44. The van der Waals surface area contributed by atoms with Crippen molar-refractivity contribution in [2.24, 2.45) is 0 Å². The third kappa shape index (κ3) is 2.69. The molecule has 0 aliphatic heterocycles. The second-order valence-corrected chi connectivity index (χ2v) is 3.13. The van der Waals surface area contributed by atoms with Gasteiger partial charge in [-0.2, -0.15) is 0 Å². The molecule has 74 valence electrons. The number of Topliss-reactive ketones (excluding diaryl/α,β-unsaturated/α-hetero) is 2. The van der Waals surface area contributed by atoms with Crippen LogP contribution in [0, 0.1) is 0 Å². The predicted octanol–water partition coefficient (Wildman–Crippen LogP) is 1.89. The lowest BCUT2D eigenvalue weighted by molar-refractivity contribution is -0.116. The van der Waals surface area contributed by atoms with Crippen molar-refractivity contribution < 1.29 is 9.59 Å². The van der Waals surface area contributed by atoms with E-state index in [0.717, 1.165) is 5.69 Å². The number of hydrogen-bond acceptors (Lipinski definition) is 3. The number of carbonyl (C=O) groups is 2. The standard InChI is InChI=1S/C11H13NO2/c1-8(13)7-11(14)9-3-5-10(12-2)6-4-9/h3-6,12H,7H2,1-2H3. The SMILES string of the molecule is CNc1ccc(C(=O)CC(C)=O)cc1. The summed E-state index contributed by atoms with van der Waals surface area (Å²) < 4.78 is 0. The largest absolute Gasteiger partial charge is 0.388 e. The molecule has 3 heteroatoms. The smallest absolute Gasteiger partial charge is 0.170 e. The van der Waals surface area contributed by atoms with E-state index in [4.69, 9.17) is 0 Å². The van der Waals surface area contributed by atoms with Gasteiger partial charge in [0.05, 0.1) is 6.42 Å². The average Bonchev–Trinajstić information content (AvgIpc) is 2.17. The van der Waals surface area contributed by atoms with Gasteiger partial charge < -0.3 is 5.32 Å². The number of benzene rings is 1. The predicted molar refractivity (Wildman–Crippen MR) is 55.6 cm³/mol. The maximum absolute atomic E-state index is 11.4. The summed E-state index contributed by atoms with van der Waals surface area (Å²) in [7, 11) is 1.81. The van der Waals surface area contributed by atoms with E-state index < -0.39 is 0 Å². The van der Waals surface area contributed by atoms with Gasteiger partial charge in [-0.3, -0.25) is 9.59 Å². The second kappa shape index (κ2) is 4.56. The van der Waals surface area contributed by atoms with Gasteiger partial charge in [-0.05, 0) is 31.2 Å².